The van der Waals surface area contributed by atoms with Gasteiger partial charge in [0.15, 0.2) is 0 Å². The molecule has 1 amide bonds. The van der Waals surface area contributed by atoms with Gasteiger partial charge in [-0.3, -0.25) is 9.59 Å². The van der Waals surface area contributed by atoms with Gasteiger partial charge in [-0.25, -0.2) is 0 Å². The Morgan fingerprint density at radius 3 is 3.05 bits per heavy atom. The number of fused-ring (bicyclic) bond motifs is 1. The van der Waals surface area contributed by atoms with Crippen molar-refractivity contribution in [2.45, 2.75) is 11.7 Å². The third-order valence-electron chi connectivity index (χ3n) is 4.75. The molecule has 3 aliphatic rings. The Morgan fingerprint density at radius 1 is 1.50 bits per heavy atom. The van der Waals surface area contributed by atoms with Gasteiger partial charge in [-0.2, -0.15) is 0 Å². The number of hydrogen-bond acceptors (Lipinski definition) is 4. The number of carbonyl (C=O) groups excluding carboxylic acids is 1. The van der Waals surface area contributed by atoms with Crippen LogP contribution < -0.4 is 9.64 Å². The minimum Gasteiger partial charge on any atom is -0.497 e. The molecule has 0 saturated carbocycles. The normalized spacial score (nSPS) is 35.0. The summed E-state index contributed by atoms with van der Waals surface area (Å²) in [6, 6.07) is 7.17. The molecule has 22 heavy (non-hydrogen) atoms. The van der Waals surface area contributed by atoms with Crippen LogP contribution in [0.25, 0.3) is 0 Å². The number of benzene rings is 1. The predicted octanol–water partition coefficient (Wildman–Crippen LogP) is 1.07. The Hall–Kier alpha value is -2.34. The first-order valence-electron chi connectivity index (χ1n) is 7.11. The number of nitrogens with zero attached hydrogens (tertiary/aromatic N) is 1. The third kappa shape index (κ3) is 1.58. The SMILES string of the molecule is COc1cccc(N2C[C@@]34C=C[C@H](O3)[C@H](C(=O)O)[C@H]4C2=O)c1. The first kappa shape index (κ1) is 13.3. The largest absolute Gasteiger partial charge is 0.497 e. The van der Waals surface area contributed by atoms with E-state index in [1.54, 1.807) is 36.3 Å². The smallest absolute Gasteiger partial charge is 0.310 e. The van der Waals surface area contributed by atoms with Crippen molar-refractivity contribution in [2.75, 3.05) is 18.6 Å². The van der Waals surface area contributed by atoms with Crippen LogP contribution in [0.4, 0.5) is 5.69 Å². The highest BCUT2D eigenvalue weighted by Crippen LogP contribution is 2.52. The Labute approximate surface area is 126 Å². The van der Waals surface area contributed by atoms with Crippen molar-refractivity contribution >= 4 is 17.6 Å². The summed E-state index contributed by atoms with van der Waals surface area (Å²) in [5.41, 5.74) is -0.119. The van der Waals surface area contributed by atoms with E-state index in [2.05, 4.69) is 0 Å². The molecule has 1 N–H and O–H groups in total. The summed E-state index contributed by atoms with van der Waals surface area (Å²) >= 11 is 0. The Morgan fingerprint density at radius 2 is 2.32 bits per heavy atom. The molecular formula is C16H15NO5. The number of aliphatic carboxylic acids is 1. The number of ether oxygens (including phenoxy) is 2. The number of rotatable bonds is 3. The van der Waals surface area contributed by atoms with Crippen LogP contribution in [-0.2, 0) is 14.3 Å². The molecule has 114 valence electrons. The lowest BCUT2D eigenvalue weighted by Crippen LogP contribution is -2.39. The van der Waals surface area contributed by atoms with Crippen LogP contribution in [-0.4, -0.2) is 42.3 Å². The van der Waals surface area contributed by atoms with Gasteiger partial charge in [-0.1, -0.05) is 18.2 Å². The molecule has 4 rings (SSSR count). The van der Waals surface area contributed by atoms with Gasteiger partial charge in [-0.15, -0.1) is 0 Å². The van der Waals surface area contributed by atoms with Crippen molar-refractivity contribution < 1.29 is 24.2 Å². The van der Waals surface area contributed by atoms with Crippen LogP contribution in [0.2, 0.25) is 0 Å². The monoisotopic (exact) mass is 301 g/mol. The van der Waals surface area contributed by atoms with E-state index < -0.39 is 29.5 Å². The van der Waals surface area contributed by atoms with E-state index in [4.69, 9.17) is 9.47 Å². The molecule has 0 radical (unpaired) electrons. The number of hydrogen-bond donors (Lipinski definition) is 1. The average Bonchev–Trinajstić information content (AvgIpc) is 3.15. The number of carboxylic acid groups (broad SMARTS) is 1. The fraction of sp³-hybridized carbons (Fsp3) is 0.375. The second kappa shape index (κ2) is 4.33. The van der Waals surface area contributed by atoms with E-state index in [-0.39, 0.29) is 5.91 Å². The highest BCUT2D eigenvalue weighted by molar-refractivity contribution is 6.02. The Kier molecular flexibility index (Phi) is 2.62. The van der Waals surface area contributed by atoms with Crippen molar-refractivity contribution in [3.63, 3.8) is 0 Å². The molecule has 0 unspecified atom stereocenters. The van der Waals surface area contributed by atoms with E-state index in [1.165, 1.54) is 0 Å². The lowest BCUT2D eigenvalue weighted by Gasteiger charge is -2.21. The number of carboxylic acids is 1. The maximum Gasteiger partial charge on any atom is 0.310 e. The molecular weight excluding hydrogens is 286 g/mol. The minimum atomic E-state index is -0.984. The first-order chi connectivity index (χ1) is 10.6. The van der Waals surface area contributed by atoms with E-state index in [9.17, 15) is 14.7 Å². The summed E-state index contributed by atoms with van der Waals surface area (Å²) in [5.74, 6) is -2.01. The van der Waals surface area contributed by atoms with Gasteiger partial charge in [0.05, 0.1) is 25.7 Å². The second-order valence-corrected chi connectivity index (χ2v) is 5.86. The molecule has 0 aromatic heterocycles. The van der Waals surface area contributed by atoms with Crippen LogP contribution in [0.15, 0.2) is 36.4 Å². The van der Waals surface area contributed by atoms with Crippen LogP contribution in [0.5, 0.6) is 5.75 Å². The van der Waals surface area contributed by atoms with Gasteiger partial charge in [-0.05, 0) is 12.1 Å². The number of amides is 1. The van der Waals surface area contributed by atoms with E-state index in [0.29, 0.717) is 18.0 Å². The quantitative estimate of drug-likeness (QED) is 0.845. The molecule has 2 bridgehead atoms. The fourth-order valence-corrected chi connectivity index (χ4v) is 3.78. The molecule has 1 aromatic carbocycles. The molecule has 2 fully saturated rings. The first-order valence-corrected chi connectivity index (χ1v) is 7.11. The van der Waals surface area contributed by atoms with E-state index in [1.807, 2.05) is 12.1 Å². The van der Waals surface area contributed by atoms with Crippen LogP contribution in [0.3, 0.4) is 0 Å². The molecule has 0 aliphatic carbocycles. The minimum absolute atomic E-state index is 0.201. The van der Waals surface area contributed by atoms with Gasteiger partial charge in [0.2, 0.25) is 5.91 Å². The summed E-state index contributed by atoms with van der Waals surface area (Å²) in [4.78, 5) is 25.9. The topological polar surface area (TPSA) is 76.1 Å². The standard InChI is InChI=1S/C16H15NO5/c1-21-10-4-2-3-9(7-10)17-8-16-6-5-11(22-16)12(15(19)20)13(16)14(17)18/h2-7,11-13H,8H2,1H3,(H,19,20)/t11-,12-,13-,16+/m0/s1. The van der Waals surface area contributed by atoms with Crippen molar-refractivity contribution in [3.05, 3.63) is 36.4 Å². The Balaban J connectivity index is 1.73. The summed E-state index contributed by atoms with van der Waals surface area (Å²) in [7, 11) is 1.56. The van der Waals surface area contributed by atoms with Crippen molar-refractivity contribution in [3.8, 4) is 5.75 Å². The summed E-state index contributed by atoms with van der Waals surface area (Å²) in [6.07, 6.45) is 3.11. The summed E-state index contributed by atoms with van der Waals surface area (Å²) in [5, 5.41) is 9.43. The molecule has 1 spiro atoms. The average molecular weight is 301 g/mol. The highest BCUT2D eigenvalue weighted by Gasteiger charge is 2.67. The Bertz CT molecular complexity index is 700. The lowest BCUT2D eigenvalue weighted by atomic mass is 9.77. The summed E-state index contributed by atoms with van der Waals surface area (Å²) in [6.45, 7) is 0.334. The van der Waals surface area contributed by atoms with Crippen molar-refractivity contribution in [1.29, 1.82) is 0 Å². The zero-order valence-corrected chi connectivity index (χ0v) is 11.9. The van der Waals surface area contributed by atoms with Gasteiger partial charge in [0.1, 0.15) is 17.3 Å². The number of methoxy groups -OCH3 is 1. The molecule has 3 aliphatic heterocycles. The van der Waals surface area contributed by atoms with Crippen LogP contribution >= 0.6 is 0 Å². The van der Waals surface area contributed by atoms with E-state index >= 15 is 0 Å². The molecule has 6 nitrogen and oxygen atoms in total. The maximum atomic E-state index is 12.8. The molecule has 2 saturated heterocycles. The summed E-state index contributed by atoms with van der Waals surface area (Å²) < 4.78 is 11.0. The van der Waals surface area contributed by atoms with Gasteiger partial charge >= 0.3 is 5.97 Å². The van der Waals surface area contributed by atoms with Crippen LogP contribution in [0, 0.1) is 11.8 Å². The number of carbonyl (C=O) groups is 2. The number of anilines is 1. The predicted molar refractivity (Wildman–Crippen MR) is 76.7 cm³/mol. The van der Waals surface area contributed by atoms with Gasteiger partial charge < -0.3 is 19.5 Å². The fourth-order valence-electron chi connectivity index (χ4n) is 3.78. The molecule has 4 atom stereocenters. The molecule has 1 aromatic rings. The third-order valence-corrected chi connectivity index (χ3v) is 4.75. The zero-order valence-electron chi connectivity index (χ0n) is 11.9. The van der Waals surface area contributed by atoms with Gasteiger partial charge in [0, 0.05) is 11.8 Å². The zero-order chi connectivity index (χ0) is 15.5. The van der Waals surface area contributed by atoms with E-state index in [0.717, 1.165) is 0 Å². The van der Waals surface area contributed by atoms with Crippen molar-refractivity contribution in [2.24, 2.45) is 11.8 Å². The van der Waals surface area contributed by atoms with Gasteiger partial charge in [0.25, 0.3) is 0 Å². The maximum absolute atomic E-state index is 12.8. The van der Waals surface area contributed by atoms with Crippen LogP contribution in [0.1, 0.15) is 0 Å². The van der Waals surface area contributed by atoms with Crippen molar-refractivity contribution in [1.82, 2.24) is 0 Å². The molecule has 6 heteroatoms. The molecule has 3 heterocycles. The highest BCUT2D eigenvalue weighted by atomic mass is 16.5. The lowest BCUT2D eigenvalue weighted by molar-refractivity contribution is -0.146. The second-order valence-electron chi connectivity index (χ2n) is 5.86.